The van der Waals surface area contributed by atoms with Gasteiger partial charge in [-0.15, -0.1) is 8.42 Å². The van der Waals surface area contributed by atoms with Crippen LogP contribution in [0.5, 0.6) is 17.2 Å². The molecular weight excluding hydrogens is 270 g/mol. The third-order valence-electron chi connectivity index (χ3n) is 1.87. The Kier molecular flexibility index (Phi) is 2.58. The number of benzene rings is 1. The van der Waals surface area contributed by atoms with Crippen molar-refractivity contribution in [2.24, 2.45) is 0 Å². The van der Waals surface area contributed by atoms with Crippen molar-refractivity contribution in [1.29, 1.82) is 0 Å². The van der Waals surface area contributed by atoms with Crippen molar-refractivity contribution in [1.82, 2.24) is 0 Å². The predicted octanol–water partition coefficient (Wildman–Crippen LogP) is 0.536. The van der Waals surface area contributed by atoms with E-state index in [0.29, 0.717) is 0 Å². The number of nitro benzene ring substituents is 1. The standard InChI is InChI=1S/C8H5NO8S/c1-4(10)15-5-2-3-6-8(7(5)9(11)12)17-18(13,14)16-6/h2-3H,1H3. The molecule has 0 unspecified atom stereocenters. The summed E-state index contributed by atoms with van der Waals surface area (Å²) in [5.74, 6) is -2.16. The smallest absolute Gasteiger partial charge is 0.419 e. The molecule has 1 aliphatic heterocycles. The van der Waals surface area contributed by atoms with E-state index >= 15 is 0 Å². The van der Waals surface area contributed by atoms with Crippen LogP contribution in [0.2, 0.25) is 0 Å². The topological polar surface area (TPSA) is 122 Å². The summed E-state index contributed by atoms with van der Waals surface area (Å²) in [5.41, 5.74) is -0.788. The van der Waals surface area contributed by atoms with Crippen molar-refractivity contribution in [3.8, 4) is 17.2 Å². The summed E-state index contributed by atoms with van der Waals surface area (Å²) in [5, 5.41) is 10.9. The van der Waals surface area contributed by atoms with Crippen LogP contribution >= 0.6 is 0 Å². The second kappa shape index (κ2) is 3.84. The number of fused-ring (bicyclic) bond motifs is 1. The molecule has 0 fully saturated rings. The van der Waals surface area contributed by atoms with Gasteiger partial charge in [0.2, 0.25) is 5.75 Å². The minimum Gasteiger partial charge on any atom is -0.419 e. The van der Waals surface area contributed by atoms with Crippen LogP contribution in [0.25, 0.3) is 0 Å². The Morgan fingerprint density at radius 1 is 1.39 bits per heavy atom. The number of esters is 1. The highest BCUT2D eigenvalue weighted by Gasteiger charge is 2.38. The maximum atomic E-state index is 11.0. The van der Waals surface area contributed by atoms with Crippen LogP contribution in [0, 0.1) is 10.1 Å². The molecule has 10 heteroatoms. The van der Waals surface area contributed by atoms with Crippen molar-refractivity contribution in [3.63, 3.8) is 0 Å². The minimum atomic E-state index is -4.35. The zero-order valence-electron chi connectivity index (χ0n) is 8.78. The lowest BCUT2D eigenvalue weighted by Gasteiger charge is -2.03. The first-order valence-electron chi connectivity index (χ1n) is 4.44. The fourth-order valence-corrected chi connectivity index (χ4v) is 2.07. The molecule has 0 saturated carbocycles. The molecule has 0 aliphatic carbocycles. The molecule has 0 bridgehead atoms. The minimum absolute atomic E-state index is 0.336. The van der Waals surface area contributed by atoms with Gasteiger partial charge in [0.25, 0.3) is 5.75 Å². The average molecular weight is 275 g/mol. The van der Waals surface area contributed by atoms with Crippen molar-refractivity contribution < 1.29 is 31.2 Å². The van der Waals surface area contributed by atoms with Crippen LogP contribution in [0.4, 0.5) is 5.69 Å². The Bertz CT molecular complexity index is 649. The highest BCUT2D eigenvalue weighted by atomic mass is 32.3. The molecule has 0 atom stereocenters. The SMILES string of the molecule is CC(=O)Oc1ccc2c(c1[N+](=O)[O-])OS(=O)(=O)O2. The molecule has 1 aliphatic rings. The number of nitro groups is 1. The number of rotatable bonds is 2. The number of carbonyl (C=O) groups excluding carboxylic acids is 1. The van der Waals surface area contributed by atoms with Crippen molar-refractivity contribution >= 4 is 22.1 Å². The summed E-state index contributed by atoms with van der Waals surface area (Å²) < 4.78 is 35.3. The van der Waals surface area contributed by atoms with Crippen LogP contribution in [-0.4, -0.2) is 19.3 Å². The van der Waals surface area contributed by atoms with E-state index in [1.165, 1.54) is 0 Å². The molecule has 0 spiro atoms. The van der Waals surface area contributed by atoms with E-state index < -0.39 is 38.5 Å². The molecule has 0 amide bonds. The molecule has 96 valence electrons. The molecule has 0 saturated heterocycles. The maximum absolute atomic E-state index is 11.0. The van der Waals surface area contributed by atoms with Crippen LogP contribution < -0.4 is 13.1 Å². The Balaban J connectivity index is 2.62. The highest BCUT2D eigenvalue weighted by Crippen LogP contribution is 2.48. The second-order valence-corrected chi connectivity index (χ2v) is 4.32. The lowest BCUT2D eigenvalue weighted by atomic mass is 10.2. The van der Waals surface area contributed by atoms with E-state index in [1.54, 1.807) is 0 Å². The van der Waals surface area contributed by atoms with Crippen LogP contribution in [0.15, 0.2) is 12.1 Å². The first kappa shape index (κ1) is 12.1. The normalized spacial score (nSPS) is 15.2. The summed E-state index contributed by atoms with van der Waals surface area (Å²) >= 11 is 0. The predicted molar refractivity (Wildman–Crippen MR) is 54.6 cm³/mol. The maximum Gasteiger partial charge on any atom is 0.501 e. The van der Waals surface area contributed by atoms with Crippen molar-refractivity contribution in [2.75, 3.05) is 0 Å². The second-order valence-electron chi connectivity index (χ2n) is 3.17. The van der Waals surface area contributed by atoms with Gasteiger partial charge in [-0.05, 0) is 12.1 Å². The van der Waals surface area contributed by atoms with Gasteiger partial charge in [-0.3, -0.25) is 14.9 Å². The van der Waals surface area contributed by atoms with Crippen LogP contribution in [0.1, 0.15) is 6.92 Å². The highest BCUT2D eigenvalue weighted by molar-refractivity contribution is 7.82. The van der Waals surface area contributed by atoms with Gasteiger partial charge >= 0.3 is 22.1 Å². The molecule has 0 aromatic heterocycles. The monoisotopic (exact) mass is 275 g/mol. The number of nitrogens with zero attached hydrogens (tertiary/aromatic N) is 1. The number of ether oxygens (including phenoxy) is 1. The quantitative estimate of drug-likeness (QED) is 0.331. The zero-order valence-corrected chi connectivity index (χ0v) is 9.59. The Labute approximate surface area is 100 Å². The Morgan fingerprint density at radius 2 is 2.06 bits per heavy atom. The van der Waals surface area contributed by atoms with E-state index in [4.69, 9.17) is 0 Å². The van der Waals surface area contributed by atoms with E-state index in [2.05, 4.69) is 13.1 Å². The lowest BCUT2D eigenvalue weighted by Crippen LogP contribution is -2.08. The van der Waals surface area contributed by atoms with Gasteiger partial charge in [-0.25, -0.2) is 0 Å². The number of hydrogen-bond acceptors (Lipinski definition) is 8. The van der Waals surface area contributed by atoms with Crippen molar-refractivity contribution in [2.45, 2.75) is 6.92 Å². The molecular formula is C8H5NO8S. The molecule has 1 heterocycles. The molecule has 1 aromatic rings. The summed E-state index contributed by atoms with van der Waals surface area (Å²) in [7, 11) is -4.35. The van der Waals surface area contributed by atoms with Gasteiger partial charge in [0.05, 0.1) is 4.92 Å². The zero-order chi connectivity index (χ0) is 13.5. The summed E-state index contributed by atoms with van der Waals surface area (Å²) in [4.78, 5) is 20.7. The first-order valence-corrected chi connectivity index (χ1v) is 5.77. The van der Waals surface area contributed by atoms with Gasteiger partial charge in [-0.1, -0.05) is 0 Å². The van der Waals surface area contributed by atoms with Gasteiger partial charge in [0.1, 0.15) is 0 Å². The Hall–Kier alpha value is -2.36. The fourth-order valence-electron chi connectivity index (χ4n) is 1.32. The number of hydrogen-bond donors (Lipinski definition) is 0. The van der Waals surface area contributed by atoms with E-state index in [-0.39, 0.29) is 5.75 Å². The van der Waals surface area contributed by atoms with Crippen molar-refractivity contribution in [3.05, 3.63) is 22.2 Å². The molecule has 9 nitrogen and oxygen atoms in total. The van der Waals surface area contributed by atoms with E-state index in [9.17, 15) is 23.3 Å². The van der Waals surface area contributed by atoms with Gasteiger partial charge in [0, 0.05) is 6.92 Å². The molecule has 1 aromatic carbocycles. The fraction of sp³-hybridized carbons (Fsp3) is 0.125. The lowest BCUT2D eigenvalue weighted by molar-refractivity contribution is -0.386. The van der Waals surface area contributed by atoms with Gasteiger partial charge in [-0.2, -0.15) is 0 Å². The van der Waals surface area contributed by atoms with E-state index in [1.807, 2.05) is 0 Å². The average Bonchev–Trinajstić information content (AvgIpc) is 2.50. The Morgan fingerprint density at radius 3 is 2.61 bits per heavy atom. The largest absolute Gasteiger partial charge is 0.501 e. The molecule has 2 rings (SSSR count). The third kappa shape index (κ3) is 2.05. The molecule has 18 heavy (non-hydrogen) atoms. The summed E-state index contributed by atoms with van der Waals surface area (Å²) in [6.07, 6.45) is 0. The molecule has 0 radical (unpaired) electrons. The summed E-state index contributed by atoms with van der Waals surface area (Å²) in [6, 6.07) is 2.13. The summed E-state index contributed by atoms with van der Waals surface area (Å²) in [6.45, 7) is 1.05. The van der Waals surface area contributed by atoms with Crippen LogP contribution in [0.3, 0.4) is 0 Å². The van der Waals surface area contributed by atoms with Crippen LogP contribution in [-0.2, 0) is 15.2 Å². The third-order valence-corrected chi connectivity index (χ3v) is 2.63. The first-order chi connectivity index (χ1) is 8.30. The molecule has 0 N–H and O–H groups in total. The van der Waals surface area contributed by atoms with Gasteiger partial charge < -0.3 is 13.1 Å². The van der Waals surface area contributed by atoms with E-state index in [0.717, 1.165) is 19.1 Å². The number of carbonyl (C=O) groups is 1. The van der Waals surface area contributed by atoms with Gasteiger partial charge in [0.15, 0.2) is 5.75 Å².